The lowest BCUT2D eigenvalue weighted by Gasteiger charge is -2.14. The second-order valence-corrected chi connectivity index (χ2v) is 6.40. The van der Waals surface area contributed by atoms with Crippen LogP contribution in [0.3, 0.4) is 0 Å². The zero-order valence-electron chi connectivity index (χ0n) is 15.2. The van der Waals surface area contributed by atoms with Gasteiger partial charge in [-0.25, -0.2) is 4.39 Å². The molecule has 3 rings (SSSR count). The summed E-state index contributed by atoms with van der Waals surface area (Å²) in [6.07, 6.45) is 1.62. The van der Waals surface area contributed by atoms with Gasteiger partial charge in [0.15, 0.2) is 5.96 Å². The van der Waals surface area contributed by atoms with E-state index >= 15 is 0 Å². The van der Waals surface area contributed by atoms with Crippen LogP contribution in [-0.2, 0) is 16.0 Å². The van der Waals surface area contributed by atoms with Gasteiger partial charge in [0.2, 0.25) is 0 Å². The molecule has 0 saturated heterocycles. The van der Waals surface area contributed by atoms with Crippen LogP contribution in [0.5, 0.6) is 0 Å². The Bertz CT molecular complexity index is 900. The van der Waals surface area contributed by atoms with Crippen LogP contribution < -0.4 is 22.1 Å². The third-order valence-electron chi connectivity index (χ3n) is 4.08. The van der Waals surface area contributed by atoms with E-state index in [9.17, 15) is 14.0 Å². The summed E-state index contributed by atoms with van der Waals surface area (Å²) in [5.74, 6) is -2.11. The number of halogens is 2. The van der Waals surface area contributed by atoms with E-state index in [1.54, 1.807) is 0 Å². The molecule has 0 heterocycles. The Labute approximate surface area is 167 Å². The molecule has 9 heteroatoms. The Morgan fingerprint density at radius 1 is 1.18 bits per heavy atom. The Balaban J connectivity index is 0.000000500. The first-order valence-corrected chi connectivity index (χ1v) is 8.82. The van der Waals surface area contributed by atoms with Crippen molar-refractivity contribution in [2.24, 2.45) is 16.5 Å². The zero-order chi connectivity index (χ0) is 20.7. The summed E-state index contributed by atoms with van der Waals surface area (Å²) in [6, 6.07) is 11.5. The Morgan fingerprint density at radius 2 is 1.86 bits per heavy atom. The highest BCUT2D eigenvalue weighted by Gasteiger charge is 2.25. The maximum Gasteiger partial charge on any atom is 0.313 e. The summed E-state index contributed by atoms with van der Waals surface area (Å²) in [5.41, 5.74) is 12.0. The van der Waals surface area contributed by atoms with Gasteiger partial charge in [-0.05, 0) is 42.2 Å². The Morgan fingerprint density at radius 3 is 2.50 bits per heavy atom. The third-order valence-corrected chi connectivity index (χ3v) is 4.39. The first-order chi connectivity index (χ1) is 13.3. The second-order valence-electron chi connectivity index (χ2n) is 6.00. The van der Waals surface area contributed by atoms with Crippen LogP contribution in [0.2, 0.25) is 5.02 Å². The van der Waals surface area contributed by atoms with Crippen molar-refractivity contribution in [2.75, 3.05) is 12.4 Å². The molecule has 2 aromatic carbocycles. The van der Waals surface area contributed by atoms with Gasteiger partial charge in [0.05, 0.1) is 11.1 Å². The number of carbonyl (C=O) groups is 2. The number of benzene rings is 2. The molecule has 6 N–H and O–H groups in total. The van der Waals surface area contributed by atoms with Crippen molar-refractivity contribution in [1.82, 2.24) is 5.32 Å². The number of rotatable bonds is 2. The largest absolute Gasteiger partial charge is 0.370 e. The van der Waals surface area contributed by atoms with Gasteiger partial charge < -0.3 is 22.1 Å². The fraction of sp³-hybridized carbons (Fsp3) is 0.211. The predicted octanol–water partition coefficient (Wildman–Crippen LogP) is 2.11. The highest BCUT2D eigenvalue weighted by molar-refractivity contribution is 6.39. The van der Waals surface area contributed by atoms with Crippen LogP contribution in [0, 0.1) is 5.82 Å². The highest BCUT2D eigenvalue weighted by atomic mass is 35.5. The van der Waals surface area contributed by atoms with Crippen LogP contribution in [0.4, 0.5) is 10.1 Å². The van der Waals surface area contributed by atoms with Gasteiger partial charge in [-0.2, -0.15) is 0 Å². The highest BCUT2D eigenvalue weighted by Crippen LogP contribution is 2.30. The quantitative estimate of drug-likeness (QED) is 0.347. The van der Waals surface area contributed by atoms with E-state index in [1.165, 1.54) is 24.7 Å². The van der Waals surface area contributed by atoms with E-state index < -0.39 is 17.6 Å². The van der Waals surface area contributed by atoms with E-state index in [4.69, 9.17) is 23.1 Å². The average Bonchev–Trinajstić information content (AvgIpc) is 3.08. The number of nitrogens with two attached hydrogens (primary N) is 2. The predicted molar refractivity (Wildman–Crippen MR) is 107 cm³/mol. The smallest absolute Gasteiger partial charge is 0.313 e. The number of nitrogens with zero attached hydrogens (tertiary/aromatic N) is 1. The average molecular weight is 406 g/mol. The maximum atomic E-state index is 13.3. The molecule has 0 saturated carbocycles. The number of nitrogens with one attached hydrogen (secondary N) is 2. The van der Waals surface area contributed by atoms with Crippen molar-refractivity contribution >= 4 is 35.1 Å². The number of aryl methyl sites for hydroxylation is 1. The number of carbonyl (C=O) groups excluding carboxylic acids is 2. The van der Waals surface area contributed by atoms with Crippen LogP contribution in [-0.4, -0.2) is 24.8 Å². The molecule has 28 heavy (non-hydrogen) atoms. The van der Waals surface area contributed by atoms with E-state index in [1.807, 2.05) is 24.3 Å². The number of aliphatic imine (C=N–C) groups is 1. The minimum absolute atomic E-state index is 0.0463. The van der Waals surface area contributed by atoms with Crippen molar-refractivity contribution in [1.29, 1.82) is 0 Å². The molecule has 7 nitrogen and oxygen atoms in total. The van der Waals surface area contributed by atoms with Gasteiger partial charge in [-0.1, -0.05) is 35.9 Å². The molecule has 0 aliphatic heterocycles. The fourth-order valence-corrected chi connectivity index (χ4v) is 2.81. The lowest BCUT2D eigenvalue weighted by Crippen LogP contribution is -2.37. The number of hydrogen-bond donors (Lipinski definition) is 4. The summed E-state index contributed by atoms with van der Waals surface area (Å²) in [6.45, 7) is 0. The van der Waals surface area contributed by atoms with Crippen LogP contribution >= 0.6 is 11.6 Å². The molecule has 0 fully saturated rings. The molecule has 2 aromatic rings. The molecule has 1 aliphatic rings. The van der Waals surface area contributed by atoms with Gasteiger partial charge in [0, 0.05) is 12.7 Å². The molecule has 2 amide bonds. The number of anilines is 1. The van der Waals surface area contributed by atoms with Crippen LogP contribution in [0.15, 0.2) is 47.5 Å². The first kappa shape index (κ1) is 21.2. The first-order valence-electron chi connectivity index (χ1n) is 8.44. The minimum atomic E-state index is -0.837. The van der Waals surface area contributed by atoms with Crippen LogP contribution in [0.25, 0.3) is 0 Å². The standard InChI is InChI=1S/C17H14ClFN2O2.C2H7N3/c18-13-7-6-11(9-14(13)19)20-16(22)17(23)21-15-8-5-10-3-1-2-4-12(10)15;1-5-2(3)4/h1-4,6-7,9,15H,5,8H2,(H,20,22)(H,21,23);1H3,(H4,3,4,5). The normalized spacial score (nSPS) is 14.2. The van der Waals surface area contributed by atoms with E-state index in [2.05, 4.69) is 15.6 Å². The summed E-state index contributed by atoms with van der Waals surface area (Å²) >= 11 is 5.57. The molecule has 1 unspecified atom stereocenters. The summed E-state index contributed by atoms with van der Waals surface area (Å²) in [7, 11) is 1.54. The summed E-state index contributed by atoms with van der Waals surface area (Å²) in [5, 5.41) is 5.02. The lowest BCUT2D eigenvalue weighted by molar-refractivity contribution is -0.136. The molecule has 0 bridgehead atoms. The monoisotopic (exact) mass is 405 g/mol. The number of guanidine groups is 1. The van der Waals surface area contributed by atoms with Crippen molar-refractivity contribution in [3.05, 3.63) is 64.4 Å². The number of hydrogen-bond acceptors (Lipinski definition) is 3. The van der Waals surface area contributed by atoms with E-state index in [0.29, 0.717) is 0 Å². The number of amides is 2. The molecule has 0 spiro atoms. The van der Waals surface area contributed by atoms with Crippen molar-refractivity contribution < 1.29 is 14.0 Å². The van der Waals surface area contributed by atoms with Crippen molar-refractivity contribution in [2.45, 2.75) is 18.9 Å². The SMILES string of the molecule is CN=C(N)N.O=C(Nc1ccc(Cl)c(F)c1)C(=O)NC1CCc2ccccc21. The van der Waals surface area contributed by atoms with E-state index in [0.717, 1.165) is 24.5 Å². The van der Waals surface area contributed by atoms with Crippen molar-refractivity contribution in [3.63, 3.8) is 0 Å². The fourth-order valence-electron chi connectivity index (χ4n) is 2.69. The lowest BCUT2D eigenvalue weighted by atomic mass is 10.1. The molecule has 1 aliphatic carbocycles. The van der Waals surface area contributed by atoms with Gasteiger partial charge in [-0.3, -0.25) is 14.6 Å². The van der Waals surface area contributed by atoms with Gasteiger partial charge in [0.25, 0.3) is 0 Å². The van der Waals surface area contributed by atoms with Crippen LogP contribution in [0.1, 0.15) is 23.6 Å². The van der Waals surface area contributed by atoms with Gasteiger partial charge in [0.1, 0.15) is 5.82 Å². The second kappa shape index (κ2) is 9.70. The Hall–Kier alpha value is -3.13. The molecule has 0 aromatic heterocycles. The summed E-state index contributed by atoms with van der Waals surface area (Å²) in [4.78, 5) is 27.3. The molecular weight excluding hydrogens is 385 g/mol. The molecule has 148 valence electrons. The third kappa shape index (κ3) is 5.68. The number of fused-ring (bicyclic) bond motifs is 1. The van der Waals surface area contributed by atoms with Gasteiger partial charge in [-0.15, -0.1) is 0 Å². The topological polar surface area (TPSA) is 123 Å². The zero-order valence-corrected chi connectivity index (χ0v) is 16.0. The Kier molecular flexibility index (Phi) is 7.34. The van der Waals surface area contributed by atoms with Gasteiger partial charge >= 0.3 is 11.8 Å². The molecular formula is C19H21ClFN5O2. The summed E-state index contributed by atoms with van der Waals surface area (Å²) < 4.78 is 13.3. The maximum absolute atomic E-state index is 13.3. The molecule has 1 atom stereocenters. The minimum Gasteiger partial charge on any atom is -0.370 e. The van der Waals surface area contributed by atoms with Crippen molar-refractivity contribution in [3.8, 4) is 0 Å². The van der Waals surface area contributed by atoms with E-state index in [-0.39, 0.29) is 22.7 Å². The molecule has 0 radical (unpaired) electrons.